The minimum Gasteiger partial charge on any atom is -0.283 e. The van der Waals surface area contributed by atoms with Crippen LogP contribution < -0.4 is 0 Å². The third-order valence-corrected chi connectivity index (χ3v) is 4.13. The van der Waals surface area contributed by atoms with E-state index < -0.39 is 22.2 Å². The Hall–Kier alpha value is -1.34. The highest BCUT2D eigenvalue weighted by Gasteiger charge is 2.24. The highest BCUT2D eigenvalue weighted by molar-refractivity contribution is 7.80. The van der Waals surface area contributed by atoms with Gasteiger partial charge in [0.2, 0.25) is 0 Å². The normalized spacial score (nSPS) is 24.9. The summed E-state index contributed by atoms with van der Waals surface area (Å²) in [6, 6.07) is 5.33. The van der Waals surface area contributed by atoms with Crippen LogP contribution in [0.2, 0.25) is 0 Å². The van der Waals surface area contributed by atoms with Gasteiger partial charge in [-0.3, -0.25) is 14.3 Å². The van der Waals surface area contributed by atoms with Crippen LogP contribution in [0.4, 0.5) is 10.1 Å². The first-order valence-electron chi connectivity index (χ1n) is 6.03. The smallest absolute Gasteiger partial charge is 0.269 e. The molecule has 1 fully saturated rings. The summed E-state index contributed by atoms with van der Waals surface area (Å²) in [7, 11) is 0. The van der Waals surface area contributed by atoms with E-state index in [2.05, 4.69) is 0 Å². The van der Waals surface area contributed by atoms with Gasteiger partial charge in [0.05, 0.1) is 15.9 Å². The topological polar surface area (TPSA) is 69.4 Å². The molecule has 3 unspecified atom stereocenters. The molecule has 2 rings (SSSR count). The van der Waals surface area contributed by atoms with Crippen LogP contribution in [0.1, 0.15) is 25.7 Å². The van der Waals surface area contributed by atoms with Gasteiger partial charge >= 0.3 is 0 Å². The zero-order valence-corrected chi connectivity index (χ0v) is 11.0. The van der Waals surface area contributed by atoms with Crippen LogP contribution in [0, 0.1) is 10.1 Å². The summed E-state index contributed by atoms with van der Waals surface area (Å²) in [5, 5.41) is 10.5. The molecule has 19 heavy (non-hydrogen) atoms. The Kier molecular flexibility index (Phi) is 4.60. The third-order valence-electron chi connectivity index (χ3n) is 3.03. The molecule has 0 heterocycles. The molecule has 3 atom stereocenters. The van der Waals surface area contributed by atoms with Crippen LogP contribution in [0.3, 0.4) is 0 Å². The van der Waals surface area contributed by atoms with Crippen LogP contribution >= 0.6 is 0 Å². The van der Waals surface area contributed by atoms with Gasteiger partial charge in [0, 0.05) is 18.6 Å². The predicted octanol–water partition coefficient (Wildman–Crippen LogP) is 2.91. The number of nitro groups is 1. The summed E-state index contributed by atoms with van der Waals surface area (Å²) in [5.74, 6) is 0. The molecule has 1 aliphatic carbocycles. The minimum absolute atomic E-state index is 0.0674. The van der Waals surface area contributed by atoms with Crippen LogP contribution in [-0.4, -0.2) is 21.4 Å². The first-order chi connectivity index (χ1) is 9.06. The SMILES string of the molecule is O=[N+]([O-])c1ccc(S(=O)OC2CCCC(F)C2)cc1. The molecule has 0 spiro atoms. The third kappa shape index (κ3) is 3.81. The summed E-state index contributed by atoms with van der Waals surface area (Å²) in [6.07, 6.45) is 0.970. The molecule has 1 aliphatic rings. The van der Waals surface area contributed by atoms with Crippen molar-refractivity contribution in [1.29, 1.82) is 0 Å². The van der Waals surface area contributed by atoms with Crippen LogP contribution in [0.5, 0.6) is 0 Å². The Morgan fingerprint density at radius 3 is 2.58 bits per heavy atom. The molecule has 0 aromatic heterocycles. The lowest BCUT2D eigenvalue weighted by molar-refractivity contribution is -0.384. The predicted molar refractivity (Wildman–Crippen MR) is 67.7 cm³/mol. The zero-order valence-electron chi connectivity index (χ0n) is 10.2. The van der Waals surface area contributed by atoms with Gasteiger partial charge in [0.25, 0.3) is 5.69 Å². The largest absolute Gasteiger partial charge is 0.283 e. The summed E-state index contributed by atoms with van der Waals surface area (Å²) in [4.78, 5) is 10.3. The Morgan fingerprint density at radius 2 is 2.00 bits per heavy atom. The molecular formula is C12H14FNO4S. The van der Waals surface area contributed by atoms with Crippen molar-refractivity contribution in [2.75, 3.05) is 0 Å². The van der Waals surface area contributed by atoms with Gasteiger partial charge in [-0.2, -0.15) is 0 Å². The summed E-state index contributed by atoms with van der Waals surface area (Å²) in [6.45, 7) is 0. The van der Waals surface area contributed by atoms with E-state index >= 15 is 0 Å². The average Bonchev–Trinajstić information content (AvgIpc) is 2.39. The molecule has 0 N–H and O–H groups in total. The van der Waals surface area contributed by atoms with Crippen LogP contribution in [0.15, 0.2) is 29.2 Å². The van der Waals surface area contributed by atoms with E-state index in [1.165, 1.54) is 24.3 Å². The number of rotatable bonds is 4. The molecule has 1 saturated carbocycles. The van der Waals surface area contributed by atoms with Crippen molar-refractivity contribution < 1.29 is 17.7 Å². The number of non-ortho nitro benzene ring substituents is 1. The molecule has 1 aromatic rings. The van der Waals surface area contributed by atoms with E-state index in [0.717, 1.165) is 6.42 Å². The second kappa shape index (κ2) is 6.21. The number of nitrogens with zero attached hydrogens (tertiary/aromatic N) is 1. The number of hydrogen-bond donors (Lipinski definition) is 0. The van der Waals surface area contributed by atoms with Gasteiger partial charge in [0.1, 0.15) is 6.17 Å². The molecule has 104 valence electrons. The Balaban J connectivity index is 1.97. The fourth-order valence-corrected chi connectivity index (χ4v) is 2.92. The van der Waals surface area contributed by atoms with Gasteiger partial charge < -0.3 is 0 Å². The monoisotopic (exact) mass is 287 g/mol. The molecule has 0 bridgehead atoms. The number of nitro benzene ring substituents is 1. The fourth-order valence-electron chi connectivity index (χ4n) is 2.03. The van der Waals surface area contributed by atoms with Crippen molar-refractivity contribution in [3.63, 3.8) is 0 Å². The van der Waals surface area contributed by atoms with Gasteiger partial charge in [-0.15, -0.1) is 0 Å². The number of halogens is 1. The van der Waals surface area contributed by atoms with Crippen molar-refractivity contribution in [2.24, 2.45) is 0 Å². The molecule has 0 radical (unpaired) electrons. The van der Waals surface area contributed by atoms with Crippen molar-refractivity contribution in [3.05, 3.63) is 34.4 Å². The van der Waals surface area contributed by atoms with Gasteiger partial charge in [-0.1, -0.05) is 0 Å². The summed E-state index contributed by atoms with van der Waals surface area (Å²) < 4.78 is 30.4. The van der Waals surface area contributed by atoms with Gasteiger partial charge in [0.15, 0.2) is 11.1 Å². The van der Waals surface area contributed by atoms with Crippen molar-refractivity contribution in [1.82, 2.24) is 0 Å². The van der Waals surface area contributed by atoms with Crippen LogP contribution in [-0.2, 0) is 15.3 Å². The maximum absolute atomic E-state index is 13.2. The van der Waals surface area contributed by atoms with Crippen molar-refractivity contribution >= 4 is 16.8 Å². The number of alkyl halides is 1. The lowest BCUT2D eigenvalue weighted by Crippen LogP contribution is -2.24. The summed E-state index contributed by atoms with van der Waals surface area (Å²) in [5.41, 5.74) is -0.0674. The molecule has 0 amide bonds. The molecule has 5 nitrogen and oxygen atoms in total. The molecule has 0 saturated heterocycles. The quantitative estimate of drug-likeness (QED) is 0.630. The first-order valence-corrected chi connectivity index (χ1v) is 7.11. The first kappa shape index (κ1) is 14.1. The Bertz CT molecular complexity index is 479. The molecule has 7 heteroatoms. The second-order valence-electron chi connectivity index (χ2n) is 4.47. The molecule has 0 aliphatic heterocycles. The molecule has 1 aromatic carbocycles. The zero-order chi connectivity index (χ0) is 13.8. The molecular weight excluding hydrogens is 273 g/mol. The van der Waals surface area contributed by atoms with E-state index in [-0.39, 0.29) is 18.2 Å². The Morgan fingerprint density at radius 1 is 1.32 bits per heavy atom. The van der Waals surface area contributed by atoms with Gasteiger partial charge in [-0.25, -0.2) is 8.60 Å². The second-order valence-corrected chi connectivity index (χ2v) is 5.60. The van der Waals surface area contributed by atoms with Crippen molar-refractivity contribution in [2.45, 2.75) is 42.9 Å². The van der Waals surface area contributed by atoms with Crippen molar-refractivity contribution in [3.8, 4) is 0 Å². The number of hydrogen-bond acceptors (Lipinski definition) is 4. The van der Waals surface area contributed by atoms with Gasteiger partial charge in [-0.05, 0) is 31.4 Å². The van der Waals surface area contributed by atoms with E-state index in [0.29, 0.717) is 17.7 Å². The minimum atomic E-state index is -1.71. The van der Waals surface area contributed by atoms with E-state index in [1.54, 1.807) is 0 Å². The fraction of sp³-hybridized carbons (Fsp3) is 0.500. The highest BCUT2D eigenvalue weighted by Crippen LogP contribution is 2.25. The van der Waals surface area contributed by atoms with Crippen LogP contribution in [0.25, 0.3) is 0 Å². The number of benzene rings is 1. The van der Waals surface area contributed by atoms with E-state index in [9.17, 15) is 18.7 Å². The lowest BCUT2D eigenvalue weighted by Gasteiger charge is -2.23. The lowest BCUT2D eigenvalue weighted by atomic mass is 9.96. The highest BCUT2D eigenvalue weighted by atomic mass is 32.2. The summed E-state index contributed by atoms with van der Waals surface area (Å²) >= 11 is -1.71. The maximum Gasteiger partial charge on any atom is 0.269 e. The van der Waals surface area contributed by atoms with E-state index in [1.807, 2.05) is 0 Å². The average molecular weight is 287 g/mol. The standard InChI is InChI=1S/C12H14FNO4S/c13-9-2-1-3-11(8-9)18-19(17)12-6-4-10(5-7-12)14(15)16/h4-7,9,11H,1-3,8H2. The Labute approximate surface area is 112 Å². The maximum atomic E-state index is 13.2. The van der Waals surface area contributed by atoms with E-state index in [4.69, 9.17) is 4.18 Å².